The molecule has 2 amide bonds. The fourth-order valence-corrected chi connectivity index (χ4v) is 3.08. The molecule has 0 unspecified atom stereocenters. The van der Waals surface area contributed by atoms with Crippen molar-refractivity contribution < 1.29 is 28.7 Å². The monoisotopic (exact) mass is 408 g/mol. The lowest BCUT2D eigenvalue weighted by atomic mass is 10.1. The summed E-state index contributed by atoms with van der Waals surface area (Å²) in [6.07, 6.45) is 6.10. The number of unbranched alkanes of at least 4 members (excludes halogenated alkanes) is 2. The smallest absolute Gasteiger partial charge is 0.387 e. The van der Waals surface area contributed by atoms with Crippen molar-refractivity contribution >= 4 is 23.8 Å². The highest BCUT2D eigenvalue weighted by Gasteiger charge is 2.56. The molecule has 0 aliphatic carbocycles. The molecule has 4 N–H and O–H groups in total. The third-order valence-corrected chi connectivity index (χ3v) is 4.59. The maximum atomic E-state index is 12.1. The number of hydrogen-bond acceptors (Lipinski definition) is 8. The Labute approximate surface area is 169 Å². The zero-order valence-corrected chi connectivity index (χ0v) is 16.3. The fraction of sp³-hybridized carbons (Fsp3) is 0.579. The van der Waals surface area contributed by atoms with Crippen LogP contribution in [0.25, 0.3) is 0 Å². The average molecular weight is 408 g/mol. The van der Waals surface area contributed by atoms with Gasteiger partial charge in [-0.2, -0.15) is 0 Å². The third-order valence-electron chi connectivity index (χ3n) is 4.59. The Bertz CT molecular complexity index is 609. The molecule has 10 heteroatoms. The topological polar surface area (TPSA) is 135 Å². The summed E-state index contributed by atoms with van der Waals surface area (Å²) in [5.74, 6) is -1.46. The second-order valence-electron chi connectivity index (χ2n) is 6.83. The molecule has 2 aliphatic rings. The van der Waals surface area contributed by atoms with Crippen molar-refractivity contribution in [2.45, 2.75) is 56.6 Å². The first-order chi connectivity index (χ1) is 13.9. The van der Waals surface area contributed by atoms with Crippen LogP contribution in [0.3, 0.4) is 0 Å². The van der Waals surface area contributed by atoms with Crippen LogP contribution in [-0.4, -0.2) is 55.0 Å². The summed E-state index contributed by atoms with van der Waals surface area (Å²) >= 11 is 0. The maximum Gasteiger partial charge on any atom is 0.387 e. The minimum atomic E-state index is -1.61. The normalized spacial score (nSPS) is 22.1. The van der Waals surface area contributed by atoms with Crippen molar-refractivity contribution in [3.05, 3.63) is 25.3 Å². The Morgan fingerprint density at radius 1 is 0.862 bits per heavy atom. The molecule has 2 aliphatic heterocycles. The van der Waals surface area contributed by atoms with Crippen LogP contribution >= 0.6 is 0 Å². The zero-order chi connectivity index (χ0) is 21.3. The average Bonchev–Trinajstić information content (AvgIpc) is 3.17. The molecule has 0 aromatic heterocycles. The highest BCUT2D eigenvalue weighted by molar-refractivity contribution is 5.87. The number of hydrogen-bond donors (Lipinski definition) is 4. The first kappa shape index (κ1) is 22.6. The van der Waals surface area contributed by atoms with E-state index in [9.17, 15) is 19.2 Å². The van der Waals surface area contributed by atoms with Crippen molar-refractivity contribution in [3.8, 4) is 0 Å². The minimum Gasteiger partial charge on any atom is -0.394 e. The Morgan fingerprint density at radius 2 is 1.28 bits per heavy atom. The number of ether oxygens (including phenoxy) is 2. The van der Waals surface area contributed by atoms with Gasteiger partial charge in [0, 0.05) is 13.1 Å². The second kappa shape index (κ2) is 10.7. The van der Waals surface area contributed by atoms with E-state index in [1.807, 2.05) is 0 Å². The van der Waals surface area contributed by atoms with E-state index in [0.717, 1.165) is 0 Å². The third kappa shape index (κ3) is 6.68. The molecule has 10 nitrogen and oxygen atoms in total. The minimum absolute atomic E-state index is 0.237. The van der Waals surface area contributed by atoms with E-state index < -0.39 is 30.1 Å². The molecule has 160 valence electrons. The van der Waals surface area contributed by atoms with Crippen molar-refractivity contribution in [3.63, 3.8) is 0 Å². The molecule has 0 radical (unpaired) electrons. The molecular weight excluding hydrogens is 380 g/mol. The predicted molar refractivity (Wildman–Crippen MR) is 103 cm³/mol. The van der Waals surface area contributed by atoms with E-state index in [1.165, 1.54) is 12.2 Å². The number of rotatable bonds is 12. The van der Waals surface area contributed by atoms with Crippen molar-refractivity contribution in [2.75, 3.05) is 13.1 Å². The van der Waals surface area contributed by atoms with Gasteiger partial charge in [0.05, 0.1) is 0 Å². The highest BCUT2D eigenvalue weighted by atomic mass is 16.8. The molecule has 1 spiro atoms. The molecule has 2 heterocycles. The summed E-state index contributed by atoms with van der Waals surface area (Å²) in [5, 5.41) is 11.2. The van der Waals surface area contributed by atoms with Gasteiger partial charge in [-0.15, -0.1) is 0 Å². The fourth-order valence-electron chi connectivity index (χ4n) is 3.08. The van der Waals surface area contributed by atoms with E-state index in [-0.39, 0.29) is 11.8 Å². The summed E-state index contributed by atoms with van der Waals surface area (Å²) in [5.41, 5.74) is 0. The van der Waals surface area contributed by atoms with Crippen LogP contribution < -0.4 is 21.3 Å². The van der Waals surface area contributed by atoms with Crippen LogP contribution in [0.15, 0.2) is 25.3 Å². The Hall–Kier alpha value is -2.72. The first-order valence-corrected chi connectivity index (χ1v) is 9.71. The van der Waals surface area contributed by atoms with Gasteiger partial charge in [0.2, 0.25) is 11.8 Å². The molecule has 2 saturated heterocycles. The molecule has 2 atom stereocenters. The summed E-state index contributed by atoms with van der Waals surface area (Å²) < 4.78 is 10.5. The van der Waals surface area contributed by atoms with Crippen LogP contribution in [0.1, 0.15) is 38.5 Å². The number of amides is 2. The lowest BCUT2D eigenvalue weighted by Gasteiger charge is -2.20. The van der Waals surface area contributed by atoms with Crippen LogP contribution in [0.4, 0.5) is 0 Å². The van der Waals surface area contributed by atoms with E-state index >= 15 is 0 Å². The van der Waals surface area contributed by atoms with E-state index in [0.29, 0.717) is 51.6 Å². The van der Waals surface area contributed by atoms with Gasteiger partial charge in [0.15, 0.2) is 0 Å². The lowest BCUT2D eigenvalue weighted by molar-refractivity contribution is -0.211. The summed E-state index contributed by atoms with van der Waals surface area (Å²) in [6.45, 7) is 7.72. The second-order valence-corrected chi connectivity index (χ2v) is 6.83. The standard InChI is InChI=1S/C19H28N4O6/c1-3-15(24)20-11-7-5-9-13-17(26)28-19(22-13)23-14(18(27)29-19)10-6-8-12-21-16(25)4-2/h3-4,13-14,22-23H,1-2,5-12H2,(H,20,24)(H,21,25)/t13-,14-,19?/m0/s1. The molecule has 2 rings (SSSR count). The van der Waals surface area contributed by atoms with E-state index in [2.05, 4.69) is 34.4 Å². The quantitative estimate of drug-likeness (QED) is 0.194. The molecule has 0 aromatic rings. The van der Waals surface area contributed by atoms with Crippen LogP contribution in [0, 0.1) is 0 Å². The van der Waals surface area contributed by atoms with Gasteiger partial charge in [0.25, 0.3) is 0 Å². The molecular formula is C19H28N4O6. The summed E-state index contributed by atoms with van der Waals surface area (Å²) in [4.78, 5) is 46.4. The molecule has 2 fully saturated rings. The van der Waals surface area contributed by atoms with Crippen LogP contribution in [0.5, 0.6) is 0 Å². The zero-order valence-electron chi connectivity index (χ0n) is 16.3. The Morgan fingerprint density at radius 3 is 1.66 bits per heavy atom. The van der Waals surface area contributed by atoms with Crippen LogP contribution in [0.2, 0.25) is 0 Å². The van der Waals surface area contributed by atoms with E-state index in [4.69, 9.17) is 9.47 Å². The van der Waals surface area contributed by atoms with Crippen molar-refractivity contribution in [1.82, 2.24) is 21.3 Å². The Kier molecular flexibility index (Phi) is 8.34. The molecule has 0 bridgehead atoms. The number of nitrogens with one attached hydrogen (secondary N) is 4. The summed E-state index contributed by atoms with van der Waals surface area (Å²) in [7, 11) is 0. The molecule has 0 saturated carbocycles. The molecule has 0 aromatic carbocycles. The van der Waals surface area contributed by atoms with Gasteiger partial charge in [-0.25, -0.2) is 10.6 Å². The number of carbonyl (C=O) groups excluding carboxylic acids is 4. The van der Waals surface area contributed by atoms with E-state index in [1.54, 1.807) is 0 Å². The molecule has 29 heavy (non-hydrogen) atoms. The van der Waals surface area contributed by atoms with Gasteiger partial charge in [-0.1, -0.05) is 13.2 Å². The summed E-state index contributed by atoms with van der Waals surface area (Å²) in [6, 6.07) is -2.81. The highest BCUT2D eigenvalue weighted by Crippen LogP contribution is 2.26. The largest absolute Gasteiger partial charge is 0.394 e. The maximum absolute atomic E-state index is 12.1. The lowest BCUT2D eigenvalue weighted by Crippen LogP contribution is -2.54. The predicted octanol–water partition coefficient (Wildman–Crippen LogP) is -0.427. The van der Waals surface area contributed by atoms with Gasteiger partial charge in [-0.3, -0.25) is 19.2 Å². The first-order valence-electron chi connectivity index (χ1n) is 9.71. The number of carbonyl (C=O) groups is 4. The van der Waals surface area contributed by atoms with Crippen molar-refractivity contribution in [2.24, 2.45) is 0 Å². The van der Waals surface area contributed by atoms with Crippen molar-refractivity contribution in [1.29, 1.82) is 0 Å². The van der Waals surface area contributed by atoms with Gasteiger partial charge >= 0.3 is 18.0 Å². The SMILES string of the molecule is C=CC(=O)NCCCC[C@@H]1NC2(N[C@@H](CCCCNC(=O)C=C)C(=O)O2)OC1=O. The van der Waals surface area contributed by atoms with Crippen LogP contribution in [-0.2, 0) is 28.7 Å². The van der Waals surface area contributed by atoms with Gasteiger partial charge in [-0.05, 0) is 50.7 Å². The van der Waals surface area contributed by atoms with Gasteiger partial charge < -0.3 is 20.1 Å². The number of esters is 2. The Balaban J connectivity index is 1.70. The van der Waals surface area contributed by atoms with Gasteiger partial charge in [0.1, 0.15) is 12.1 Å².